The summed E-state index contributed by atoms with van der Waals surface area (Å²) >= 11 is 0. The first-order valence-electron chi connectivity index (χ1n) is 6.66. The van der Waals surface area contributed by atoms with E-state index in [1.165, 1.54) is 0 Å². The Morgan fingerprint density at radius 2 is 2.24 bits per heavy atom. The van der Waals surface area contributed by atoms with E-state index in [2.05, 4.69) is 22.3 Å². The number of nitrogens with one attached hydrogen (secondary N) is 1. The third kappa shape index (κ3) is 3.71. The van der Waals surface area contributed by atoms with Gasteiger partial charge in [-0.05, 0) is 30.7 Å². The molecule has 0 aliphatic carbocycles. The lowest BCUT2D eigenvalue weighted by Gasteiger charge is -2.08. The SMILES string of the molecule is Cc1ccc(C(=O)NCc2ccnn2C)c(C#CCN)c1. The first kappa shape index (κ1) is 14.8. The Kier molecular flexibility index (Phi) is 4.75. The number of aromatic nitrogens is 2. The molecule has 3 N–H and O–H groups in total. The topological polar surface area (TPSA) is 72.9 Å². The molecular formula is C16H18N4O. The maximum absolute atomic E-state index is 12.3. The first-order valence-corrected chi connectivity index (χ1v) is 6.66. The monoisotopic (exact) mass is 282 g/mol. The number of amides is 1. The summed E-state index contributed by atoms with van der Waals surface area (Å²) in [5.41, 5.74) is 8.64. The van der Waals surface area contributed by atoms with Gasteiger partial charge < -0.3 is 11.1 Å². The summed E-state index contributed by atoms with van der Waals surface area (Å²) < 4.78 is 1.73. The van der Waals surface area contributed by atoms with Gasteiger partial charge in [-0.1, -0.05) is 17.9 Å². The van der Waals surface area contributed by atoms with Crippen LogP contribution in [0.4, 0.5) is 0 Å². The summed E-state index contributed by atoms with van der Waals surface area (Å²) in [6, 6.07) is 7.44. The molecule has 0 saturated heterocycles. The number of benzene rings is 1. The van der Waals surface area contributed by atoms with Crippen molar-refractivity contribution < 1.29 is 4.79 Å². The van der Waals surface area contributed by atoms with Crippen LogP contribution in [0.2, 0.25) is 0 Å². The van der Waals surface area contributed by atoms with Crippen LogP contribution < -0.4 is 11.1 Å². The normalized spacial score (nSPS) is 9.86. The van der Waals surface area contributed by atoms with Crippen molar-refractivity contribution in [2.45, 2.75) is 13.5 Å². The molecule has 5 heteroatoms. The van der Waals surface area contributed by atoms with E-state index < -0.39 is 0 Å². The second kappa shape index (κ2) is 6.73. The molecular weight excluding hydrogens is 264 g/mol. The Labute approximate surface area is 124 Å². The van der Waals surface area contributed by atoms with Crippen LogP contribution in [0.5, 0.6) is 0 Å². The van der Waals surface area contributed by atoms with E-state index >= 15 is 0 Å². The molecule has 0 unspecified atom stereocenters. The van der Waals surface area contributed by atoms with Crippen molar-refractivity contribution >= 4 is 5.91 Å². The molecule has 0 bridgehead atoms. The molecule has 2 aromatic rings. The number of hydrogen-bond acceptors (Lipinski definition) is 3. The first-order chi connectivity index (χ1) is 10.1. The van der Waals surface area contributed by atoms with Crippen LogP contribution in [0.3, 0.4) is 0 Å². The molecule has 0 spiro atoms. The largest absolute Gasteiger partial charge is 0.346 e. The molecule has 108 valence electrons. The zero-order valence-electron chi connectivity index (χ0n) is 12.2. The Bertz CT molecular complexity index is 707. The summed E-state index contributed by atoms with van der Waals surface area (Å²) in [5.74, 6) is 5.58. The molecule has 0 atom stereocenters. The van der Waals surface area contributed by atoms with E-state index in [1.54, 1.807) is 16.9 Å². The van der Waals surface area contributed by atoms with Gasteiger partial charge in [-0.15, -0.1) is 0 Å². The van der Waals surface area contributed by atoms with Gasteiger partial charge >= 0.3 is 0 Å². The molecule has 1 amide bonds. The van der Waals surface area contributed by atoms with Crippen LogP contribution in [0.25, 0.3) is 0 Å². The zero-order valence-corrected chi connectivity index (χ0v) is 12.2. The van der Waals surface area contributed by atoms with Gasteiger partial charge in [0, 0.05) is 18.8 Å². The predicted octanol–water partition coefficient (Wildman–Crippen LogP) is 0.969. The van der Waals surface area contributed by atoms with Gasteiger partial charge in [0.1, 0.15) is 0 Å². The Morgan fingerprint density at radius 3 is 2.90 bits per heavy atom. The van der Waals surface area contributed by atoms with Gasteiger partial charge in [0.2, 0.25) is 0 Å². The van der Waals surface area contributed by atoms with Crippen molar-refractivity contribution in [1.29, 1.82) is 0 Å². The quantitative estimate of drug-likeness (QED) is 0.824. The lowest BCUT2D eigenvalue weighted by atomic mass is 10.0. The zero-order chi connectivity index (χ0) is 15.2. The number of nitrogens with two attached hydrogens (primary N) is 1. The van der Waals surface area contributed by atoms with Crippen LogP contribution in [-0.2, 0) is 13.6 Å². The summed E-state index contributed by atoms with van der Waals surface area (Å²) in [6.07, 6.45) is 1.70. The summed E-state index contributed by atoms with van der Waals surface area (Å²) in [5, 5.41) is 6.95. The minimum atomic E-state index is -0.155. The number of nitrogens with zero attached hydrogens (tertiary/aromatic N) is 2. The molecule has 2 rings (SSSR count). The highest BCUT2D eigenvalue weighted by molar-refractivity contribution is 5.96. The Hall–Kier alpha value is -2.58. The molecule has 0 aliphatic heterocycles. The fraction of sp³-hybridized carbons (Fsp3) is 0.250. The Balaban J connectivity index is 2.17. The van der Waals surface area contributed by atoms with Crippen LogP contribution in [-0.4, -0.2) is 22.2 Å². The van der Waals surface area contributed by atoms with Gasteiger partial charge in [-0.25, -0.2) is 0 Å². The molecule has 1 heterocycles. The molecule has 0 fully saturated rings. The standard InChI is InChI=1S/C16H18N4O/c1-12-5-6-15(13(10-12)4-3-8-17)16(21)18-11-14-7-9-19-20(14)2/h5-7,9-10H,8,11,17H2,1-2H3,(H,18,21). The van der Waals surface area contributed by atoms with Gasteiger partial charge in [-0.2, -0.15) is 5.10 Å². The average Bonchev–Trinajstić information content (AvgIpc) is 2.88. The lowest BCUT2D eigenvalue weighted by molar-refractivity contribution is 0.0950. The van der Waals surface area contributed by atoms with Crippen molar-refractivity contribution in [2.75, 3.05) is 6.54 Å². The lowest BCUT2D eigenvalue weighted by Crippen LogP contribution is -2.25. The van der Waals surface area contributed by atoms with Gasteiger partial charge in [0.15, 0.2) is 0 Å². The maximum Gasteiger partial charge on any atom is 0.252 e. The smallest absolute Gasteiger partial charge is 0.252 e. The van der Waals surface area contributed by atoms with E-state index in [9.17, 15) is 4.79 Å². The van der Waals surface area contributed by atoms with E-state index in [-0.39, 0.29) is 12.5 Å². The van der Waals surface area contributed by atoms with Crippen molar-refractivity contribution in [3.63, 3.8) is 0 Å². The predicted molar refractivity (Wildman–Crippen MR) is 81.5 cm³/mol. The molecule has 5 nitrogen and oxygen atoms in total. The van der Waals surface area contributed by atoms with Crippen molar-refractivity contribution in [1.82, 2.24) is 15.1 Å². The third-order valence-corrected chi connectivity index (χ3v) is 3.10. The highest BCUT2D eigenvalue weighted by atomic mass is 16.1. The van der Waals surface area contributed by atoms with E-state index in [4.69, 9.17) is 5.73 Å². The third-order valence-electron chi connectivity index (χ3n) is 3.10. The van der Waals surface area contributed by atoms with Gasteiger partial charge in [0.25, 0.3) is 5.91 Å². The minimum Gasteiger partial charge on any atom is -0.346 e. The number of aryl methyl sites for hydroxylation is 2. The number of carbonyl (C=O) groups is 1. The van der Waals surface area contributed by atoms with Crippen molar-refractivity contribution in [2.24, 2.45) is 12.8 Å². The summed E-state index contributed by atoms with van der Waals surface area (Å²) in [7, 11) is 1.84. The highest BCUT2D eigenvalue weighted by Gasteiger charge is 2.10. The van der Waals surface area contributed by atoms with Crippen LogP contribution in [0.15, 0.2) is 30.5 Å². The Morgan fingerprint density at radius 1 is 1.43 bits per heavy atom. The number of carbonyl (C=O) groups excluding carboxylic acids is 1. The minimum absolute atomic E-state index is 0.155. The molecule has 0 saturated carbocycles. The molecule has 21 heavy (non-hydrogen) atoms. The van der Waals surface area contributed by atoms with E-state index in [1.807, 2.05) is 32.2 Å². The van der Waals surface area contributed by atoms with E-state index in [0.29, 0.717) is 17.7 Å². The number of rotatable bonds is 3. The van der Waals surface area contributed by atoms with Crippen LogP contribution in [0, 0.1) is 18.8 Å². The van der Waals surface area contributed by atoms with Gasteiger partial charge in [0.05, 0.1) is 24.3 Å². The molecule has 1 aromatic heterocycles. The summed E-state index contributed by atoms with van der Waals surface area (Å²) in [4.78, 5) is 12.3. The second-order valence-electron chi connectivity index (χ2n) is 4.68. The fourth-order valence-electron chi connectivity index (χ4n) is 1.95. The average molecular weight is 282 g/mol. The molecule has 0 radical (unpaired) electrons. The fourth-order valence-corrected chi connectivity index (χ4v) is 1.95. The maximum atomic E-state index is 12.3. The van der Waals surface area contributed by atoms with Crippen LogP contribution >= 0.6 is 0 Å². The number of hydrogen-bond donors (Lipinski definition) is 2. The second-order valence-corrected chi connectivity index (χ2v) is 4.68. The van der Waals surface area contributed by atoms with Gasteiger partial charge in [-0.3, -0.25) is 9.48 Å². The van der Waals surface area contributed by atoms with Crippen molar-refractivity contribution in [3.8, 4) is 11.8 Å². The van der Waals surface area contributed by atoms with E-state index in [0.717, 1.165) is 11.3 Å². The molecule has 0 aliphatic rings. The molecule has 1 aromatic carbocycles. The van der Waals surface area contributed by atoms with Crippen molar-refractivity contribution in [3.05, 3.63) is 52.8 Å². The summed E-state index contributed by atoms with van der Waals surface area (Å²) in [6.45, 7) is 2.65. The van der Waals surface area contributed by atoms with Crippen LogP contribution in [0.1, 0.15) is 27.2 Å². The highest BCUT2D eigenvalue weighted by Crippen LogP contribution is 2.11.